The summed E-state index contributed by atoms with van der Waals surface area (Å²) in [6, 6.07) is 1.79. The summed E-state index contributed by atoms with van der Waals surface area (Å²) in [5, 5.41) is 21.0. The van der Waals surface area contributed by atoms with Crippen molar-refractivity contribution in [1.29, 1.82) is 0 Å². The number of ether oxygens (including phenoxy) is 1. The Kier molecular flexibility index (Phi) is 4.84. The Hall–Kier alpha value is -1.67. The van der Waals surface area contributed by atoms with E-state index in [0.717, 1.165) is 12.1 Å². The molecule has 0 aliphatic carbocycles. The summed E-state index contributed by atoms with van der Waals surface area (Å²) >= 11 is 0. The Labute approximate surface area is 107 Å². The second-order valence-corrected chi connectivity index (χ2v) is 4.26. The monoisotopic (exact) mass is 280 g/mol. The number of aliphatic hydroxyl groups is 2. The van der Waals surface area contributed by atoms with Crippen LogP contribution in [0, 0.1) is 5.82 Å². The van der Waals surface area contributed by atoms with E-state index < -0.39 is 30.4 Å². The highest BCUT2D eigenvalue weighted by atomic mass is 19.3. The van der Waals surface area contributed by atoms with E-state index in [-0.39, 0.29) is 17.9 Å². The van der Waals surface area contributed by atoms with Crippen molar-refractivity contribution in [3.8, 4) is 5.75 Å². The summed E-state index contributed by atoms with van der Waals surface area (Å²) in [5.74, 6) is -1.67. The highest BCUT2D eigenvalue weighted by Crippen LogP contribution is 2.29. The fraction of sp³-hybridized carbons (Fsp3) is 0.455. The maximum atomic E-state index is 13.3. The molecule has 5 nitrogen and oxygen atoms in total. The third kappa shape index (κ3) is 4.49. The van der Waals surface area contributed by atoms with E-state index >= 15 is 0 Å². The van der Waals surface area contributed by atoms with E-state index in [4.69, 9.17) is 10.8 Å². The predicted octanol–water partition coefficient (Wildman–Crippen LogP) is 1.16. The van der Waals surface area contributed by atoms with Crippen LogP contribution < -0.4 is 15.8 Å². The van der Waals surface area contributed by atoms with Gasteiger partial charge in [0.25, 0.3) is 0 Å². The van der Waals surface area contributed by atoms with Gasteiger partial charge in [-0.2, -0.15) is 8.78 Å². The molecule has 5 N–H and O–H groups in total. The largest absolute Gasteiger partial charge is 0.432 e. The average molecular weight is 280 g/mol. The van der Waals surface area contributed by atoms with Gasteiger partial charge in [-0.1, -0.05) is 0 Å². The highest BCUT2D eigenvalue weighted by Gasteiger charge is 2.20. The lowest BCUT2D eigenvalue weighted by molar-refractivity contribution is -0.0521. The number of halogens is 3. The van der Waals surface area contributed by atoms with E-state index in [1.54, 1.807) is 0 Å². The first-order valence-electron chi connectivity index (χ1n) is 5.36. The summed E-state index contributed by atoms with van der Waals surface area (Å²) in [7, 11) is 0. The molecule has 1 rings (SSSR count). The molecule has 0 heterocycles. The van der Waals surface area contributed by atoms with Crippen LogP contribution in [-0.4, -0.2) is 35.6 Å². The molecule has 0 radical (unpaired) electrons. The van der Waals surface area contributed by atoms with Gasteiger partial charge < -0.3 is 26.0 Å². The number of alkyl halides is 2. The SMILES string of the molecule is CC(O)(CO)CNc1cc(OC(F)F)c(F)cc1N. The van der Waals surface area contributed by atoms with E-state index in [2.05, 4.69) is 10.1 Å². The molecule has 1 unspecified atom stereocenters. The molecule has 1 aromatic carbocycles. The molecule has 0 saturated heterocycles. The third-order valence-electron chi connectivity index (χ3n) is 2.32. The van der Waals surface area contributed by atoms with Gasteiger partial charge in [0.2, 0.25) is 0 Å². The average Bonchev–Trinajstić information content (AvgIpc) is 2.30. The van der Waals surface area contributed by atoms with Crippen molar-refractivity contribution >= 4 is 11.4 Å². The lowest BCUT2D eigenvalue weighted by Crippen LogP contribution is -2.37. The van der Waals surface area contributed by atoms with Crippen LogP contribution in [0.15, 0.2) is 12.1 Å². The molecule has 8 heteroatoms. The van der Waals surface area contributed by atoms with Crippen LogP contribution in [0.4, 0.5) is 24.5 Å². The fourth-order valence-corrected chi connectivity index (χ4v) is 1.25. The molecule has 0 aromatic heterocycles. The first kappa shape index (κ1) is 15.4. The smallest absolute Gasteiger partial charge is 0.387 e. The summed E-state index contributed by atoms with van der Waals surface area (Å²) in [5.41, 5.74) is 4.16. The molecule has 0 saturated carbocycles. The van der Waals surface area contributed by atoms with Crippen LogP contribution in [-0.2, 0) is 0 Å². The molecular weight excluding hydrogens is 265 g/mol. The van der Waals surface area contributed by atoms with Crippen molar-refractivity contribution in [1.82, 2.24) is 0 Å². The molecule has 1 atom stereocenters. The minimum absolute atomic E-state index is 0.0344. The molecule has 1 aromatic rings. The zero-order valence-electron chi connectivity index (χ0n) is 10.2. The van der Waals surface area contributed by atoms with E-state index in [1.807, 2.05) is 0 Å². The lowest BCUT2D eigenvalue weighted by Gasteiger charge is -2.22. The number of nitrogens with one attached hydrogen (secondary N) is 1. The summed E-state index contributed by atoms with van der Waals surface area (Å²) in [4.78, 5) is 0. The van der Waals surface area contributed by atoms with Gasteiger partial charge in [0.15, 0.2) is 11.6 Å². The Morgan fingerprint density at radius 1 is 1.47 bits per heavy atom. The standard InChI is InChI=1S/C11H15F3N2O3/c1-11(18,5-17)4-16-8-3-9(19-10(13)14)6(12)2-7(8)15/h2-3,10,16-18H,4-5,15H2,1H3. The van der Waals surface area contributed by atoms with Crippen molar-refractivity contribution in [2.24, 2.45) is 0 Å². The van der Waals surface area contributed by atoms with Crippen LogP contribution in [0.2, 0.25) is 0 Å². The molecule has 0 fully saturated rings. The number of nitrogen functional groups attached to an aromatic ring is 1. The summed E-state index contributed by atoms with van der Waals surface area (Å²) < 4.78 is 41.4. The van der Waals surface area contributed by atoms with Gasteiger partial charge in [0.1, 0.15) is 5.60 Å². The summed E-state index contributed by atoms with van der Waals surface area (Å²) in [6.45, 7) is -2.42. The Bertz CT molecular complexity index is 441. The normalized spacial score (nSPS) is 14.3. The molecule has 0 amide bonds. The molecule has 0 aliphatic heterocycles. The van der Waals surface area contributed by atoms with Gasteiger partial charge in [-0.05, 0) is 6.92 Å². The minimum Gasteiger partial charge on any atom is -0.432 e. The number of hydrogen-bond donors (Lipinski definition) is 4. The quantitative estimate of drug-likeness (QED) is 0.587. The van der Waals surface area contributed by atoms with E-state index in [9.17, 15) is 18.3 Å². The second kappa shape index (κ2) is 5.98. The van der Waals surface area contributed by atoms with Crippen LogP contribution in [0.25, 0.3) is 0 Å². The van der Waals surface area contributed by atoms with Crippen molar-refractivity contribution < 1.29 is 28.1 Å². The predicted molar refractivity (Wildman–Crippen MR) is 63.6 cm³/mol. The zero-order valence-corrected chi connectivity index (χ0v) is 10.2. The Balaban J connectivity index is 2.89. The number of nitrogens with two attached hydrogens (primary N) is 1. The maximum absolute atomic E-state index is 13.3. The van der Waals surface area contributed by atoms with Gasteiger partial charge in [-0.3, -0.25) is 0 Å². The van der Waals surface area contributed by atoms with Crippen molar-refractivity contribution in [3.63, 3.8) is 0 Å². The van der Waals surface area contributed by atoms with E-state index in [0.29, 0.717) is 0 Å². The minimum atomic E-state index is -3.16. The van der Waals surface area contributed by atoms with Crippen molar-refractivity contribution in [3.05, 3.63) is 17.9 Å². The summed E-state index contributed by atoms with van der Waals surface area (Å²) in [6.07, 6.45) is 0. The van der Waals surface area contributed by atoms with Crippen molar-refractivity contribution in [2.75, 3.05) is 24.2 Å². The van der Waals surface area contributed by atoms with Gasteiger partial charge >= 0.3 is 6.61 Å². The fourth-order valence-electron chi connectivity index (χ4n) is 1.25. The number of hydrogen-bond acceptors (Lipinski definition) is 5. The molecule has 108 valence electrons. The second-order valence-electron chi connectivity index (χ2n) is 4.26. The zero-order chi connectivity index (χ0) is 14.6. The first-order chi connectivity index (χ1) is 8.75. The van der Waals surface area contributed by atoms with Crippen molar-refractivity contribution in [2.45, 2.75) is 19.1 Å². The highest BCUT2D eigenvalue weighted by molar-refractivity contribution is 5.68. The van der Waals surface area contributed by atoms with Crippen LogP contribution in [0.1, 0.15) is 6.92 Å². The number of rotatable bonds is 6. The van der Waals surface area contributed by atoms with Crippen LogP contribution in [0.5, 0.6) is 5.75 Å². The first-order valence-corrected chi connectivity index (χ1v) is 5.36. The maximum Gasteiger partial charge on any atom is 0.387 e. The third-order valence-corrected chi connectivity index (χ3v) is 2.32. The van der Waals surface area contributed by atoms with Gasteiger partial charge in [-0.25, -0.2) is 4.39 Å². The van der Waals surface area contributed by atoms with Crippen LogP contribution >= 0.6 is 0 Å². The van der Waals surface area contributed by atoms with Gasteiger partial charge in [0, 0.05) is 18.7 Å². The number of anilines is 2. The molecule has 0 spiro atoms. The molecule has 19 heavy (non-hydrogen) atoms. The molecule has 0 aliphatic rings. The number of aliphatic hydroxyl groups excluding tert-OH is 1. The Morgan fingerprint density at radius 2 is 2.11 bits per heavy atom. The molecule has 0 bridgehead atoms. The topological polar surface area (TPSA) is 87.7 Å². The van der Waals surface area contributed by atoms with E-state index in [1.165, 1.54) is 6.92 Å². The van der Waals surface area contributed by atoms with Gasteiger partial charge in [0.05, 0.1) is 18.0 Å². The number of benzene rings is 1. The van der Waals surface area contributed by atoms with Crippen LogP contribution in [0.3, 0.4) is 0 Å². The lowest BCUT2D eigenvalue weighted by atomic mass is 10.1. The Morgan fingerprint density at radius 3 is 2.63 bits per heavy atom. The van der Waals surface area contributed by atoms with Gasteiger partial charge in [-0.15, -0.1) is 0 Å². The molecular formula is C11H15F3N2O3.